The average Bonchev–Trinajstić information content (AvgIpc) is 2.50. The molecule has 0 unspecified atom stereocenters. The van der Waals surface area contributed by atoms with Crippen LogP contribution in [0.15, 0.2) is 42.5 Å². The standard InChI is InChI=1S/C17H14ClNO3/c1-10-6-7-14(13(18)8-10)19-16(20)15-9-11-4-2-3-5-12(11)17(21)22-15/h2-8,15H,9H2,1H3,(H,19,20)/t15-/m1/s1. The Morgan fingerprint density at radius 1 is 1.27 bits per heavy atom. The number of aryl methyl sites for hydroxylation is 1. The van der Waals surface area contributed by atoms with Gasteiger partial charge in [-0.2, -0.15) is 0 Å². The fourth-order valence-electron chi connectivity index (χ4n) is 2.41. The lowest BCUT2D eigenvalue weighted by atomic mass is 9.98. The van der Waals surface area contributed by atoms with Crippen molar-refractivity contribution in [1.29, 1.82) is 0 Å². The van der Waals surface area contributed by atoms with Gasteiger partial charge in [0.15, 0.2) is 6.10 Å². The molecule has 0 aromatic heterocycles. The highest BCUT2D eigenvalue weighted by molar-refractivity contribution is 6.33. The Balaban J connectivity index is 1.78. The van der Waals surface area contributed by atoms with E-state index in [1.807, 2.05) is 25.1 Å². The number of anilines is 1. The van der Waals surface area contributed by atoms with E-state index >= 15 is 0 Å². The highest BCUT2D eigenvalue weighted by Gasteiger charge is 2.31. The van der Waals surface area contributed by atoms with E-state index < -0.39 is 12.1 Å². The van der Waals surface area contributed by atoms with Gasteiger partial charge in [-0.25, -0.2) is 4.79 Å². The number of ether oxygens (including phenoxy) is 1. The molecule has 2 aromatic rings. The van der Waals surface area contributed by atoms with Crippen LogP contribution in [0.2, 0.25) is 5.02 Å². The molecular formula is C17H14ClNO3. The van der Waals surface area contributed by atoms with Crippen LogP contribution in [0.1, 0.15) is 21.5 Å². The van der Waals surface area contributed by atoms with Crippen molar-refractivity contribution in [3.05, 3.63) is 64.2 Å². The van der Waals surface area contributed by atoms with Gasteiger partial charge in [-0.15, -0.1) is 0 Å². The smallest absolute Gasteiger partial charge is 0.339 e. The Labute approximate surface area is 133 Å². The largest absolute Gasteiger partial charge is 0.448 e. The molecule has 4 nitrogen and oxygen atoms in total. The van der Waals surface area contributed by atoms with Crippen LogP contribution in [-0.4, -0.2) is 18.0 Å². The molecule has 0 radical (unpaired) electrons. The average molecular weight is 316 g/mol. The predicted molar refractivity (Wildman–Crippen MR) is 84.2 cm³/mol. The Kier molecular flexibility index (Phi) is 3.86. The molecule has 112 valence electrons. The van der Waals surface area contributed by atoms with Gasteiger partial charge in [0.25, 0.3) is 5.91 Å². The number of carbonyl (C=O) groups excluding carboxylic acids is 2. The molecular weight excluding hydrogens is 302 g/mol. The van der Waals surface area contributed by atoms with Crippen molar-refractivity contribution in [2.75, 3.05) is 5.32 Å². The van der Waals surface area contributed by atoms with E-state index in [1.165, 1.54) is 0 Å². The molecule has 1 aliphatic heterocycles. The molecule has 2 aromatic carbocycles. The SMILES string of the molecule is Cc1ccc(NC(=O)[C@H]2Cc3ccccc3C(=O)O2)c(Cl)c1. The fourth-order valence-corrected chi connectivity index (χ4v) is 2.69. The summed E-state index contributed by atoms with van der Waals surface area (Å²) in [6.45, 7) is 1.91. The number of hydrogen-bond acceptors (Lipinski definition) is 3. The van der Waals surface area contributed by atoms with Gasteiger partial charge in [0, 0.05) is 6.42 Å². The Morgan fingerprint density at radius 2 is 2.05 bits per heavy atom. The zero-order valence-electron chi connectivity index (χ0n) is 11.9. The number of amides is 1. The summed E-state index contributed by atoms with van der Waals surface area (Å²) in [6.07, 6.45) is -0.489. The van der Waals surface area contributed by atoms with Crippen LogP contribution >= 0.6 is 11.6 Å². The lowest BCUT2D eigenvalue weighted by molar-refractivity contribution is -0.125. The van der Waals surface area contributed by atoms with E-state index in [9.17, 15) is 9.59 Å². The zero-order chi connectivity index (χ0) is 15.7. The summed E-state index contributed by atoms with van der Waals surface area (Å²) in [5.74, 6) is -0.856. The molecule has 3 rings (SSSR count). The number of halogens is 1. The van der Waals surface area contributed by atoms with Crippen LogP contribution in [0.25, 0.3) is 0 Å². The van der Waals surface area contributed by atoms with E-state index in [-0.39, 0.29) is 5.91 Å². The van der Waals surface area contributed by atoms with Crippen molar-refractivity contribution in [3.8, 4) is 0 Å². The second kappa shape index (κ2) is 5.81. The third kappa shape index (κ3) is 2.83. The van der Waals surface area contributed by atoms with Gasteiger partial charge in [0.1, 0.15) is 0 Å². The first-order chi connectivity index (χ1) is 10.5. The summed E-state index contributed by atoms with van der Waals surface area (Å²) in [5.41, 5.74) is 2.84. The van der Waals surface area contributed by atoms with Gasteiger partial charge in [-0.3, -0.25) is 4.79 Å². The maximum absolute atomic E-state index is 12.3. The number of rotatable bonds is 2. The molecule has 1 atom stereocenters. The Bertz CT molecular complexity index is 757. The molecule has 1 heterocycles. The minimum absolute atomic E-state index is 0.358. The summed E-state index contributed by atoms with van der Waals surface area (Å²) < 4.78 is 5.22. The number of nitrogens with one attached hydrogen (secondary N) is 1. The molecule has 22 heavy (non-hydrogen) atoms. The minimum Gasteiger partial charge on any atom is -0.448 e. The molecule has 1 aliphatic rings. The normalized spacial score (nSPS) is 16.6. The Hall–Kier alpha value is -2.33. The van der Waals surface area contributed by atoms with Crippen LogP contribution in [0.3, 0.4) is 0 Å². The molecule has 0 saturated carbocycles. The van der Waals surface area contributed by atoms with E-state index in [1.54, 1.807) is 24.3 Å². The van der Waals surface area contributed by atoms with Crippen molar-refractivity contribution in [2.24, 2.45) is 0 Å². The number of esters is 1. The van der Waals surface area contributed by atoms with Gasteiger partial charge in [0.05, 0.1) is 16.3 Å². The van der Waals surface area contributed by atoms with Gasteiger partial charge < -0.3 is 10.1 Å². The summed E-state index contributed by atoms with van der Waals surface area (Å²) in [4.78, 5) is 24.2. The second-order valence-corrected chi connectivity index (χ2v) is 5.63. The summed E-state index contributed by atoms with van der Waals surface area (Å²) in [6, 6.07) is 12.5. The van der Waals surface area contributed by atoms with Crippen molar-refractivity contribution in [2.45, 2.75) is 19.4 Å². The first-order valence-electron chi connectivity index (χ1n) is 6.90. The van der Waals surface area contributed by atoms with Gasteiger partial charge in [0.2, 0.25) is 0 Å². The van der Waals surface area contributed by atoms with Crippen LogP contribution in [0.4, 0.5) is 5.69 Å². The van der Waals surface area contributed by atoms with E-state index in [0.717, 1.165) is 11.1 Å². The number of benzene rings is 2. The molecule has 0 fully saturated rings. The van der Waals surface area contributed by atoms with Crippen LogP contribution in [0, 0.1) is 6.92 Å². The number of carbonyl (C=O) groups is 2. The van der Waals surface area contributed by atoms with E-state index in [2.05, 4.69) is 5.32 Å². The first-order valence-corrected chi connectivity index (χ1v) is 7.28. The minimum atomic E-state index is -0.847. The fraction of sp³-hybridized carbons (Fsp3) is 0.176. The topological polar surface area (TPSA) is 55.4 Å². The molecule has 1 N–H and O–H groups in total. The first kappa shape index (κ1) is 14.6. The number of hydrogen-bond donors (Lipinski definition) is 1. The molecule has 0 saturated heterocycles. The maximum Gasteiger partial charge on any atom is 0.339 e. The van der Waals surface area contributed by atoms with Crippen molar-refractivity contribution in [3.63, 3.8) is 0 Å². The van der Waals surface area contributed by atoms with E-state index in [0.29, 0.717) is 22.7 Å². The highest BCUT2D eigenvalue weighted by Crippen LogP contribution is 2.25. The van der Waals surface area contributed by atoms with Crippen LogP contribution < -0.4 is 5.32 Å². The summed E-state index contributed by atoms with van der Waals surface area (Å²) >= 11 is 6.10. The van der Waals surface area contributed by atoms with Crippen LogP contribution in [0.5, 0.6) is 0 Å². The monoisotopic (exact) mass is 315 g/mol. The second-order valence-electron chi connectivity index (χ2n) is 5.23. The molecule has 0 bridgehead atoms. The van der Waals surface area contributed by atoms with Crippen LogP contribution in [-0.2, 0) is 16.0 Å². The van der Waals surface area contributed by atoms with Crippen molar-refractivity contribution < 1.29 is 14.3 Å². The molecule has 1 amide bonds. The molecule has 0 aliphatic carbocycles. The Morgan fingerprint density at radius 3 is 2.82 bits per heavy atom. The quantitative estimate of drug-likeness (QED) is 0.864. The maximum atomic E-state index is 12.3. The number of cyclic esters (lactones) is 1. The van der Waals surface area contributed by atoms with Gasteiger partial charge in [-0.05, 0) is 36.2 Å². The van der Waals surface area contributed by atoms with Crippen molar-refractivity contribution >= 4 is 29.2 Å². The lowest BCUT2D eigenvalue weighted by Gasteiger charge is -2.24. The van der Waals surface area contributed by atoms with E-state index in [4.69, 9.17) is 16.3 Å². The third-order valence-corrected chi connectivity index (χ3v) is 3.88. The third-order valence-electron chi connectivity index (χ3n) is 3.57. The van der Waals surface area contributed by atoms with Crippen molar-refractivity contribution in [1.82, 2.24) is 0 Å². The zero-order valence-corrected chi connectivity index (χ0v) is 12.7. The van der Waals surface area contributed by atoms with Gasteiger partial charge >= 0.3 is 5.97 Å². The molecule has 0 spiro atoms. The van der Waals surface area contributed by atoms with Gasteiger partial charge in [-0.1, -0.05) is 35.9 Å². The summed E-state index contributed by atoms with van der Waals surface area (Å²) in [5, 5.41) is 3.16. The lowest BCUT2D eigenvalue weighted by Crippen LogP contribution is -2.38. The number of fused-ring (bicyclic) bond motifs is 1. The predicted octanol–water partition coefficient (Wildman–Crippen LogP) is 3.37. The highest BCUT2D eigenvalue weighted by atomic mass is 35.5. The molecule has 5 heteroatoms. The summed E-state index contributed by atoms with van der Waals surface area (Å²) in [7, 11) is 0.